The molecule has 3 rings (SSSR count). The van der Waals surface area contributed by atoms with Gasteiger partial charge in [0.05, 0.1) is 11.7 Å². The van der Waals surface area contributed by atoms with E-state index in [2.05, 4.69) is 21.0 Å². The Balaban J connectivity index is 2.00. The maximum Gasteiger partial charge on any atom is 0.352 e. The number of rotatable bonds is 3. The predicted molar refractivity (Wildman–Crippen MR) is 85.5 cm³/mol. The monoisotopic (exact) mass is 344 g/mol. The smallest absolute Gasteiger partial charge is 0.352 e. The van der Waals surface area contributed by atoms with Gasteiger partial charge >= 0.3 is 5.97 Å². The Morgan fingerprint density at radius 3 is 2.43 bits per heavy atom. The Bertz CT molecular complexity index is 683. The summed E-state index contributed by atoms with van der Waals surface area (Å²) in [6.45, 7) is 0. The van der Waals surface area contributed by atoms with Crippen molar-refractivity contribution < 1.29 is 9.90 Å². The van der Waals surface area contributed by atoms with Crippen LogP contribution in [0, 0.1) is 0 Å². The van der Waals surface area contributed by atoms with Crippen molar-refractivity contribution in [1.29, 1.82) is 0 Å². The van der Waals surface area contributed by atoms with Crippen molar-refractivity contribution in [3.8, 4) is 0 Å². The molecule has 0 aromatic heterocycles. The van der Waals surface area contributed by atoms with Gasteiger partial charge in [0, 0.05) is 10.9 Å². The average Bonchev–Trinajstić information content (AvgIpc) is 2.94. The van der Waals surface area contributed by atoms with Crippen molar-refractivity contribution in [3.63, 3.8) is 0 Å². The lowest BCUT2D eigenvalue weighted by Gasteiger charge is -2.24. The fourth-order valence-electron chi connectivity index (χ4n) is 2.41. The molecule has 21 heavy (non-hydrogen) atoms. The maximum absolute atomic E-state index is 11.2. The first-order chi connectivity index (χ1) is 10.1. The lowest BCUT2D eigenvalue weighted by molar-refractivity contribution is -0.129. The fraction of sp³-hybridized carbons (Fsp3) is 0.125. The van der Waals surface area contributed by atoms with Crippen molar-refractivity contribution in [3.05, 3.63) is 64.6 Å². The van der Waals surface area contributed by atoms with Crippen LogP contribution in [-0.2, 0) is 4.79 Å². The van der Waals surface area contributed by atoms with Crippen LogP contribution < -0.4 is 5.01 Å². The number of hydrazone groups is 1. The zero-order valence-corrected chi connectivity index (χ0v) is 12.7. The molecule has 0 aliphatic carbocycles. The number of aliphatic carboxylic acids is 1. The van der Waals surface area contributed by atoms with Gasteiger partial charge in [0.2, 0.25) is 0 Å². The van der Waals surface area contributed by atoms with Gasteiger partial charge in [-0.15, -0.1) is 0 Å². The molecule has 5 heteroatoms. The number of hydrogen-bond donors (Lipinski definition) is 1. The maximum atomic E-state index is 11.2. The standard InChI is InChI=1S/C16H13BrN2O2/c17-12-6-8-13(9-7-12)19-15(10-14(18-19)16(20)21)11-4-2-1-3-5-11/h1-9,15H,10H2,(H,20,21)/t15-/m1/s1. The molecule has 0 fully saturated rings. The highest BCUT2D eigenvalue weighted by molar-refractivity contribution is 9.10. The number of carboxylic acid groups (broad SMARTS) is 1. The predicted octanol–water partition coefficient (Wildman–Crippen LogP) is 3.84. The van der Waals surface area contributed by atoms with Crippen molar-refractivity contribution in [2.24, 2.45) is 5.10 Å². The number of carbonyl (C=O) groups is 1. The van der Waals surface area contributed by atoms with E-state index < -0.39 is 5.97 Å². The van der Waals surface area contributed by atoms with E-state index in [1.807, 2.05) is 54.6 Å². The summed E-state index contributed by atoms with van der Waals surface area (Å²) in [5.74, 6) is -0.962. The van der Waals surface area contributed by atoms with Crippen LogP contribution in [0.3, 0.4) is 0 Å². The van der Waals surface area contributed by atoms with Gasteiger partial charge in [-0.05, 0) is 29.8 Å². The van der Waals surface area contributed by atoms with Gasteiger partial charge in [-0.2, -0.15) is 5.10 Å². The molecule has 1 N–H and O–H groups in total. The fourth-order valence-corrected chi connectivity index (χ4v) is 2.67. The first-order valence-corrected chi connectivity index (χ1v) is 7.35. The normalized spacial score (nSPS) is 17.7. The van der Waals surface area contributed by atoms with Gasteiger partial charge in [0.1, 0.15) is 5.71 Å². The van der Waals surface area contributed by atoms with Crippen LogP contribution in [0.15, 0.2) is 64.2 Å². The lowest BCUT2D eigenvalue weighted by atomic mass is 10.0. The molecule has 1 aliphatic rings. The summed E-state index contributed by atoms with van der Waals surface area (Å²) in [5, 5.41) is 15.3. The van der Waals surface area contributed by atoms with Crippen LogP contribution in [-0.4, -0.2) is 16.8 Å². The number of benzene rings is 2. The molecule has 0 bridgehead atoms. The molecule has 0 saturated carbocycles. The summed E-state index contributed by atoms with van der Waals surface area (Å²) in [7, 11) is 0. The Morgan fingerprint density at radius 1 is 1.14 bits per heavy atom. The second-order valence-corrected chi connectivity index (χ2v) is 5.72. The van der Waals surface area contributed by atoms with E-state index in [4.69, 9.17) is 0 Å². The highest BCUT2D eigenvalue weighted by Gasteiger charge is 2.32. The van der Waals surface area contributed by atoms with E-state index in [0.717, 1.165) is 15.7 Å². The highest BCUT2D eigenvalue weighted by Crippen LogP contribution is 2.35. The Hall–Kier alpha value is -2.14. The van der Waals surface area contributed by atoms with Crippen LogP contribution in [0.4, 0.5) is 5.69 Å². The minimum absolute atomic E-state index is 0.0847. The number of nitrogens with zero attached hydrogens (tertiary/aromatic N) is 2. The Morgan fingerprint density at radius 2 is 1.81 bits per heavy atom. The highest BCUT2D eigenvalue weighted by atomic mass is 79.9. The van der Waals surface area contributed by atoms with Crippen molar-refractivity contribution in [2.45, 2.75) is 12.5 Å². The Labute approximate surface area is 130 Å². The van der Waals surface area contributed by atoms with E-state index in [9.17, 15) is 9.90 Å². The number of carboxylic acids is 1. The third-order valence-corrected chi connectivity index (χ3v) is 3.96. The largest absolute Gasteiger partial charge is 0.477 e. The molecule has 0 unspecified atom stereocenters. The first-order valence-electron chi connectivity index (χ1n) is 6.55. The minimum Gasteiger partial charge on any atom is -0.477 e. The summed E-state index contributed by atoms with van der Waals surface area (Å²) in [6, 6.07) is 17.5. The molecule has 4 nitrogen and oxygen atoms in total. The molecule has 0 spiro atoms. The van der Waals surface area contributed by atoms with E-state index in [-0.39, 0.29) is 11.8 Å². The van der Waals surface area contributed by atoms with Gasteiger partial charge in [0.25, 0.3) is 0 Å². The summed E-state index contributed by atoms with van der Waals surface area (Å²) in [4.78, 5) is 11.2. The van der Waals surface area contributed by atoms with Gasteiger partial charge in [-0.1, -0.05) is 46.3 Å². The summed E-state index contributed by atoms with van der Waals surface area (Å²) >= 11 is 3.40. The molecule has 1 heterocycles. The van der Waals surface area contributed by atoms with Gasteiger partial charge < -0.3 is 5.11 Å². The van der Waals surface area contributed by atoms with Crippen LogP contribution in [0.1, 0.15) is 18.0 Å². The second-order valence-electron chi connectivity index (χ2n) is 4.80. The quantitative estimate of drug-likeness (QED) is 0.920. The van der Waals surface area contributed by atoms with Gasteiger partial charge in [-0.3, -0.25) is 5.01 Å². The van der Waals surface area contributed by atoms with Crippen LogP contribution in [0.2, 0.25) is 0 Å². The SMILES string of the molecule is O=C(O)C1=NN(c2ccc(Br)cc2)[C@@H](c2ccccc2)C1. The third-order valence-electron chi connectivity index (χ3n) is 3.43. The van der Waals surface area contributed by atoms with Gasteiger partial charge in [-0.25, -0.2) is 4.79 Å². The third kappa shape index (κ3) is 2.83. The van der Waals surface area contributed by atoms with Crippen molar-refractivity contribution >= 4 is 33.3 Å². The summed E-state index contributed by atoms with van der Waals surface area (Å²) < 4.78 is 0.976. The van der Waals surface area contributed by atoms with E-state index in [1.54, 1.807) is 5.01 Å². The number of anilines is 1. The number of hydrogen-bond acceptors (Lipinski definition) is 3. The summed E-state index contributed by atoms with van der Waals surface area (Å²) in [6.07, 6.45) is 0.398. The zero-order valence-electron chi connectivity index (χ0n) is 11.1. The van der Waals surface area contributed by atoms with Crippen LogP contribution in [0.5, 0.6) is 0 Å². The minimum atomic E-state index is -0.962. The molecular formula is C16H13BrN2O2. The molecule has 2 aromatic carbocycles. The van der Waals surface area contributed by atoms with Gasteiger partial charge in [0.15, 0.2) is 0 Å². The average molecular weight is 345 g/mol. The molecule has 1 aliphatic heterocycles. The summed E-state index contributed by atoms with van der Waals surface area (Å²) in [5.41, 5.74) is 2.12. The van der Waals surface area contributed by atoms with Crippen LogP contribution >= 0.6 is 15.9 Å². The van der Waals surface area contributed by atoms with E-state index in [0.29, 0.717) is 6.42 Å². The first kappa shape index (κ1) is 13.8. The van der Waals surface area contributed by atoms with E-state index >= 15 is 0 Å². The molecule has 2 aromatic rings. The Kier molecular flexibility index (Phi) is 3.75. The molecule has 106 valence electrons. The number of halogens is 1. The zero-order chi connectivity index (χ0) is 14.8. The molecule has 1 atom stereocenters. The molecule has 0 amide bonds. The van der Waals surface area contributed by atoms with Crippen molar-refractivity contribution in [1.82, 2.24) is 0 Å². The lowest BCUT2D eigenvalue weighted by Crippen LogP contribution is -2.18. The van der Waals surface area contributed by atoms with E-state index in [1.165, 1.54) is 0 Å². The molecular weight excluding hydrogens is 332 g/mol. The topological polar surface area (TPSA) is 52.9 Å². The van der Waals surface area contributed by atoms with Crippen molar-refractivity contribution in [2.75, 3.05) is 5.01 Å². The molecule has 0 radical (unpaired) electrons. The van der Waals surface area contributed by atoms with Crippen LogP contribution in [0.25, 0.3) is 0 Å². The molecule has 0 saturated heterocycles. The second kappa shape index (κ2) is 5.69.